The lowest BCUT2D eigenvalue weighted by Crippen LogP contribution is -2.07. The van der Waals surface area contributed by atoms with E-state index in [1.54, 1.807) is 6.07 Å². The van der Waals surface area contributed by atoms with Crippen LogP contribution in [0.3, 0.4) is 0 Å². The first-order chi connectivity index (χ1) is 8.15. The van der Waals surface area contributed by atoms with E-state index in [2.05, 4.69) is 6.92 Å². The zero-order chi connectivity index (χ0) is 12.0. The lowest BCUT2D eigenvalue weighted by molar-refractivity contribution is 0.481. The molecule has 0 radical (unpaired) electrons. The first kappa shape index (κ1) is 10.2. The number of hydrogen-bond acceptors (Lipinski definition) is 2. The number of phenols is 1. The van der Waals surface area contributed by atoms with Crippen LogP contribution in [-0.4, -0.2) is 10.2 Å². The monoisotopic (exact) mass is 226 g/mol. The molecular weight excluding hydrogens is 212 g/mol. The van der Waals surface area contributed by atoms with Crippen molar-refractivity contribution in [1.29, 1.82) is 0 Å². The minimum absolute atomic E-state index is 0.298. The molecule has 2 heteroatoms. The average Bonchev–Trinajstić information content (AvgIpc) is 2.28. The van der Waals surface area contributed by atoms with Gasteiger partial charge in [0.05, 0.1) is 0 Å². The Hall–Kier alpha value is -1.96. The zero-order valence-electron chi connectivity index (χ0n) is 9.64. The summed E-state index contributed by atoms with van der Waals surface area (Å²) in [6, 6.07) is 9.38. The van der Waals surface area contributed by atoms with Gasteiger partial charge in [0.2, 0.25) is 0 Å². The first-order valence-electron chi connectivity index (χ1n) is 5.81. The second-order valence-corrected chi connectivity index (χ2v) is 4.74. The molecule has 2 aromatic carbocycles. The van der Waals surface area contributed by atoms with E-state index < -0.39 is 0 Å². The highest BCUT2D eigenvalue weighted by atomic mass is 16.3. The van der Waals surface area contributed by atoms with Crippen molar-refractivity contribution in [2.75, 3.05) is 0 Å². The van der Waals surface area contributed by atoms with E-state index in [0.29, 0.717) is 17.4 Å². The average molecular weight is 226 g/mol. The summed E-state index contributed by atoms with van der Waals surface area (Å²) in [6.45, 7) is 2.08. The summed E-state index contributed by atoms with van der Waals surface area (Å²) in [6.07, 6.45) is 2.79. The highest BCUT2D eigenvalue weighted by molar-refractivity contribution is 5.91. The van der Waals surface area contributed by atoms with Gasteiger partial charge in [0.15, 0.2) is 0 Å². The van der Waals surface area contributed by atoms with Gasteiger partial charge < -0.3 is 10.2 Å². The lowest BCUT2D eigenvalue weighted by Gasteiger charge is -2.19. The van der Waals surface area contributed by atoms with Gasteiger partial charge in [-0.05, 0) is 47.6 Å². The van der Waals surface area contributed by atoms with Crippen LogP contribution in [0.2, 0.25) is 0 Å². The van der Waals surface area contributed by atoms with Crippen molar-refractivity contribution in [2.24, 2.45) is 5.92 Å². The van der Waals surface area contributed by atoms with Crippen LogP contribution in [0.25, 0.3) is 16.5 Å². The second kappa shape index (κ2) is 3.52. The molecule has 2 N–H and O–H groups in total. The van der Waals surface area contributed by atoms with E-state index in [1.165, 1.54) is 0 Å². The maximum Gasteiger partial charge on any atom is 0.123 e. The number of phenolic OH excluding ortho intramolecular Hbond substituents is 1. The van der Waals surface area contributed by atoms with E-state index in [-0.39, 0.29) is 0 Å². The Bertz CT molecular complexity index is 626. The molecule has 0 amide bonds. The Morgan fingerprint density at radius 3 is 2.82 bits per heavy atom. The SMILES string of the molecule is CC1C=C(O)c2cc3cccc(O)c3cc2C1. The predicted octanol–water partition coefficient (Wildman–Crippen LogP) is 3.64. The number of aliphatic hydroxyl groups is 1. The van der Waals surface area contributed by atoms with Gasteiger partial charge in [-0.1, -0.05) is 19.1 Å². The van der Waals surface area contributed by atoms with Crippen molar-refractivity contribution in [1.82, 2.24) is 0 Å². The quantitative estimate of drug-likeness (QED) is 0.720. The molecule has 1 aliphatic rings. The van der Waals surface area contributed by atoms with Crippen LogP contribution in [0, 0.1) is 5.92 Å². The molecule has 2 nitrogen and oxygen atoms in total. The molecule has 0 fully saturated rings. The molecule has 2 aromatic rings. The van der Waals surface area contributed by atoms with Gasteiger partial charge in [-0.15, -0.1) is 0 Å². The summed E-state index contributed by atoms with van der Waals surface area (Å²) in [4.78, 5) is 0. The third-order valence-electron chi connectivity index (χ3n) is 3.34. The number of aliphatic hydroxyl groups excluding tert-OH is 1. The van der Waals surface area contributed by atoms with Crippen LogP contribution in [-0.2, 0) is 6.42 Å². The van der Waals surface area contributed by atoms with Crippen LogP contribution < -0.4 is 0 Å². The number of rotatable bonds is 0. The molecule has 3 rings (SSSR count). The summed E-state index contributed by atoms with van der Waals surface area (Å²) in [5, 5.41) is 21.6. The normalized spacial score (nSPS) is 18.9. The van der Waals surface area contributed by atoms with E-state index in [1.807, 2.05) is 30.3 Å². The van der Waals surface area contributed by atoms with Gasteiger partial charge in [-0.25, -0.2) is 0 Å². The van der Waals surface area contributed by atoms with Crippen LogP contribution in [0.15, 0.2) is 36.4 Å². The first-order valence-corrected chi connectivity index (χ1v) is 5.81. The largest absolute Gasteiger partial charge is 0.508 e. The Balaban J connectivity index is 2.32. The Morgan fingerprint density at radius 1 is 1.18 bits per heavy atom. The smallest absolute Gasteiger partial charge is 0.123 e. The number of fused-ring (bicyclic) bond motifs is 2. The number of hydrogen-bond donors (Lipinski definition) is 2. The molecule has 1 unspecified atom stereocenters. The molecule has 0 saturated carbocycles. The minimum atomic E-state index is 0.298. The zero-order valence-corrected chi connectivity index (χ0v) is 9.64. The van der Waals surface area contributed by atoms with Crippen molar-refractivity contribution >= 4 is 16.5 Å². The molecule has 0 bridgehead atoms. The van der Waals surface area contributed by atoms with Crippen molar-refractivity contribution in [3.63, 3.8) is 0 Å². The minimum Gasteiger partial charge on any atom is -0.508 e. The van der Waals surface area contributed by atoms with E-state index in [9.17, 15) is 10.2 Å². The van der Waals surface area contributed by atoms with Crippen molar-refractivity contribution < 1.29 is 10.2 Å². The summed E-state index contributed by atoms with van der Waals surface area (Å²) < 4.78 is 0. The summed E-state index contributed by atoms with van der Waals surface area (Å²) in [7, 11) is 0. The maximum atomic E-state index is 9.96. The number of allylic oxidation sites excluding steroid dienone is 1. The fraction of sp³-hybridized carbons (Fsp3) is 0.200. The van der Waals surface area contributed by atoms with E-state index in [4.69, 9.17) is 0 Å². The molecule has 0 spiro atoms. The summed E-state index contributed by atoms with van der Waals surface area (Å²) in [5.41, 5.74) is 1.99. The van der Waals surface area contributed by atoms with Gasteiger partial charge in [0.1, 0.15) is 11.5 Å². The third kappa shape index (κ3) is 1.57. The molecular formula is C15H14O2. The number of aromatic hydroxyl groups is 1. The topological polar surface area (TPSA) is 40.5 Å². The molecule has 0 heterocycles. The fourth-order valence-electron chi connectivity index (χ4n) is 2.53. The highest BCUT2D eigenvalue weighted by Crippen LogP contribution is 2.34. The molecule has 0 saturated heterocycles. The maximum absolute atomic E-state index is 9.96. The molecule has 0 aromatic heterocycles. The molecule has 1 aliphatic carbocycles. The van der Waals surface area contributed by atoms with Gasteiger partial charge in [-0.3, -0.25) is 0 Å². The second-order valence-electron chi connectivity index (χ2n) is 4.74. The predicted molar refractivity (Wildman–Crippen MR) is 69.1 cm³/mol. The van der Waals surface area contributed by atoms with Crippen LogP contribution >= 0.6 is 0 Å². The third-order valence-corrected chi connectivity index (χ3v) is 3.34. The molecule has 17 heavy (non-hydrogen) atoms. The van der Waals surface area contributed by atoms with Gasteiger partial charge in [0.25, 0.3) is 0 Å². The van der Waals surface area contributed by atoms with Crippen LogP contribution in [0.4, 0.5) is 0 Å². The standard InChI is InChI=1S/C15H14O2/c1-9-5-11-8-12-10(3-2-4-14(12)16)7-13(11)15(17)6-9/h2-4,6-9,16-17H,5H2,1H3. The molecule has 1 atom stereocenters. The van der Waals surface area contributed by atoms with E-state index in [0.717, 1.165) is 28.3 Å². The van der Waals surface area contributed by atoms with Gasteiger partial charge in [0, 0.05) is 10.9 Å². The van der Waals surface area contributed by atoms with Gasteiger partial charge >= 0.3 is 0 Å². The Morgan fingerprint density at radius 2 is 2.00 bits per heavy atom. The summed E-state index contributed by atoms with van der Waals surface area (Å²) >= 11 is 0. The van der Waals surface area contributed by atoms with Crippen molar-refractivity contribution in [3.05, 3.63) is 47.5 Å². The van der Waals surface area contributed by atoms with Crippen molar-refractivity contribution in [2.45, 2.75) is 13.3 Å². The van der Waals surface area contributed by atoms with Crippen LogP contribution in [0.5, 0.6) is 5.75 Å². The van der Waals surface area contributed by atoms with Crippen LogP contribution in [0.1, 0.15) is 18.1 Å². The highest BCUT2D eigenvalue weighted by Gasteiger charge is 2.17. The van der Waals surface area contributed by atoms with Crippen molar-refractivity contribution in [3.8, 4) is 5.75 Å². The number of benzene rings is 2. The Labute approximate surface area is 99.8 Å². The fourth-order valence-corrected chi connectivity index (χ4v) is 2.53. The lowest BCUT2D eigenvalue weighted by atomic mass is 9.87. The molecule has 0 aliphatic heterocycles. The van der Waals surface area contributed by atoms with Gasteiger partial charge in [-0.2, -0.15) is 0 Å². The van der Waals surface area contributed by atoms with E-state index >= 15 is 0 Å². The summed E-state index contributed by atoms with van der Waals surface area (Å²) in [5.74, 6) is 0.988. The Kier molecular flexibility index (Phi) is 2.11. The molecule has 86 valence electrons.